The molecule has 7 heteroatoms. The van der Waals surface area contributed by atoms with Crippen LogP contribution >= 0.6 is 23.1 Å². The lowest BCUT2D eigenvalue weighted by Gasteiger charge is -2.37. The molecule has 3 N–H and O–H groups in total. The number of nitrogen functional groups attached to an aromatic ring is 1. The Morgan fingerprint density at radius 2 is 2.20 bits per heavy atom. The van der Waals surface area contributed by atoms with Crippen LogP contribution in [0.3, 0.4) is 0 Å². The number of nitrogens with zero attached hydrogens (tertiary/aromatic N) is 2. The van der Waals surface area contributed by atoms with Crippen LogP contribution in [-0.4, -0.2) is 45.4 Å². The van der Waals surface area contributed by atoms with Gasteiger partial charge in [-0.2, -0.15) is 11.8 Å². The van der Waals surface area contributed by atoms with Gasteiger partial charge < -0.3 is 16.0 Å². The van der Waals surface area contributed by atoms with E-state index >= 15 is 0 Å². The van der Waals surface area contributed by atoms with Gasteiger partial charge in [0.2, 0.25) is 0 Å². The first-order valence-corrected chi connectivity index (χ1v) is 8.88. The average molecular weight is 312 g/mol. The van der Waals surface area contributed by atoms with Gasteiger partial charge in [0.1, 0.15) is 10.7 Å². The first kappa shape index (κ1) is 14.0. The molecule has 20 heavy (non-hydrogen) atoms. The van der Waals surface area contributed by atoms with Gasteiger partial charge >= 0.3 is 0 Å². The quantitative estimate of drug-likeness (QED) is 0.896. The molecule has 0 aromatic carbocycles. The van der Waals surface area contributed by atoms with Gasteiger partial charge in [0.25, 0.3) is 5.91 Å². The standard InChI is InChI=1S/C13H20N4OS2/c1-7-8(2)19-6-5-17(7)12(18)10-11(14)16-13(20-10)15-9-3-4-9/h7-9H,3-6,14H2,1-2H3,(H,15,16). The third-order valence-electron chi connectivity index (χ3n) is 3.90. The Kier molecular flexibility index (Phi) is 3.81. The van der Waals surface area contributed by atoms with Crippen molar-refractivity contribution in [1.82, 2.24) is 9.88 Å². The van der Waals surface area contributed by atoms with Gasteiger partial charge in [-0.25, -0.2) is 4.98 Å². The summed E-state index contributed by atoms with van der Waals surface area (Å²) < 4.78 is 0. The minimum atomic E-state index is 0.0310. The highest BCUT2D eigenvalue weighted by atomic mass is 32.2. The SMILES string of the molecule is CC1SCCN(C(=O)c2sc(NC3CC3)nc2N)C1C. The van der Waals surface area contributed by atoms with Gasteiger partial charge in [-0.05, 0) is 19.8 Å². The van der Waals surface area contributed by atoms with E-state index in [2.05, 4.69) is 24.1 Å². The molecule has 0 radical (unpaired) electrons. The molecule has 1 aliphatic heterocycles. The number of aromatic nitrogens is 1. The highest BCUT2D eigenvalue weighted by Crippen LogP contribution is 2.33. The van der Waals surface area contributed by atoms with Crippen LogP contribution in [0.15, 0.2) is 0 Å². The first-order chi connectivity index (χ1) is 9.56. The van der Waals surface area contributed by atoms with Crippen molar-refractivity contribution in [3.63, 3.8) is 0 Å². The molecule has 0 bridgehead atoms. The number of rotatable bonds is 3. The predicted molar refractivity (Wildman–Crippen MR) is 85.6 cm³/mol. The van der Waals surface area contributed by atoms with Crippen molar-refractivity contribution in [2.24, 2.45) is 0 Å². The number of hydrogen-bond donors (Lipinski definition) is 2. The fourth-order valence-electron chi connectivity index (χ4n) is 2.30. The van der Waals surface area contributed by atoms with Gasteiger partial charge in [0.05, 0.1) is 0 Å². The van der Waals surface area contributed by atoms with E-state index < -0.39 is 0 Å². The van der Waals surface area contributed by atoms with E-state index in [9.17, 15) is 4.79 Å². The molecule has 1 aliphatic carbocycles. The van der Waals surface area contributed by atoms with E-state index in [1.807, 2.05) is 16.7 Å². The molecular weight excluding hydrogens is 292 g/mol. The van der Waals surface area contributed by atoms with Gasteiger partial charge in [-0.1, -0.05) is 18.3 Å². The lowest BCUT2D eigenvalue weighted by atomic mass is 10.2. The Morgan fingerprint density at radius 1 is 1.45 bits per heavy atom. The summed E-state index contributed by atoms with van der Waals surface area (Å²) in [5, 5.41) is 4.55. The topological polar surface area (TPSA) is 71.2 Å². The van der Waals surface area contributed by atoms with Crippen molar-refractivity contribution < 1.29 is 4.79 Å². The normalized spacial score (nSPS) is 26.6. The Hall–Kier alpha value is -0.950. The summed E-state index contributed by atoms with van der Waals surface area (Å²) in [5.41, 5.74) is 5.93. The van der Waals surface area contributed by atoms with Crippen LogP contribution in [0.4, 0.5) is 10.9 Å². The molecule has 3 rings (SSSR count). The smallest absolute Gasteiger partial charge is 0.268 e. The molecule has 2 atom stereocenters. The molecule has 1 aromatic heterocycles. The third kappa shape index (κ3) is 2.74. The minimum absolute atomic E-state index is 0.0310. The Bertz CT molecular complexity index is 514. The van der Waals surface area contributed by atoms with Gasteiger partial charge in [0.15, 0.2) is 5.13 Å². The second-order valence-corrected chi connectivity index (χ2v) is 7.95. The van der Waals surface area contributed by atoms with Gasteiger partial charge in [-0.15, -0.1) is 0 Å². The summed E-state index contributed by atoms with van der Waals surface area (Å²) in [7, 11) is 0. The number of thiazole rings is 1. The highest BCUT2D eigenvalue weighted by molar-refractivity contribution is 8.00. The van der Waals surface area contributed by atoms with E-state index in [4.69, 9.17) is 5.73 Å². The number of nitrogens with one attached hydrogen (secondary N) is 1. The molecule has 1 saturated carbocycles. The van der Waals surface area contributed by atoms with Crippen molar-refractivity contribution in [3.05, 3.63) is 4.88 Å². The zero-order valence-electron chi connectivity index (χ0n) is 11.8. The number of hydrogen-bond acceptors (Lipinski definition) is 6. The summed E-state index contributed by atoms with van der Waals surface area (Å²) >= 11 is 3.31. The second-order valence-electron chi connectivity index (χ2n) is 5.47. The summed E-state index contributed by atoms with van der Waals surface area (Å²) in [5.74, 6) is 1.38. The lowest BCUT2D eigenvalue weighted by molar-refractivity contribution is 0.0704. The number of anilines is 2. The number of carbonyl (C=O) groups is 1. The van der Waals surface area contributed by atoms with Crippen molar-refractivity contribution in [3.8, 4) is 0 Å². The van der Waals surface area contributed by atoms with Crippen LogP contribution in [0.25, 0.3) is 0 Å². The second kappa shape index (κ2) is 5.44. The maximum absolute atomic E-state index is 12.7. The van der Waals surface area contributed by atoms with E-state index in [-0.39, 0.29) is 11.9 Å². The van der Waals surface area contributed by atoms with Crippen LogP contribution < -0.4 is 11.1 Å². The van der Waals surface area contributed by atoms with Crippen molar-refractivity contribution >= 4 is 40.0 Å². The van der Waals surface area contributed by atoms with E-state index in [0.29, 0.717) is 22.0 Å². The monoisotopic (exact) mass is 312 g/mol. The van der Waals surface area contributed by atoms with Crippen molar-refractivity contribution in [2.75, 3.05) is 23.3 Å². The molecule has 2 aliphatic rings. The number of nitrogens with two attached hydrogens (primary N) is 1. The van der Waals surface area contributed by atoms with Crippen LogP contribution in [0, 0.1) is 0 Å². The Morgan fingerprint density at radius 3 is 2.90 bits per heavy atom. The fraction of sp³-hybridized carbons (Fsp3) is 0.692. The zero-order valence-corrected chi connectivity index (χ0v) is 13.4. The molecule has 0 spiro atoms. The summed E-state index contributed by atoms with van der Waals surface area (Å²) in [4.78, 5) is 19.5. The average Bonchev–Trinajstić information content (AvgIpc) is 3.14. The number of carbonyl (C=O) groups excluding carboxylic acids is 1. The molecule has 2 unspecified atom stereocenters. The van der Waals surface area contributed by atoms with Crippen LogP contribution in [0.1, 0.15) is 36.4 Å². The van der Waals surface area contributed by atoms with Crippen LogP contribution in [0.5, 0.6) is 0 Å². The predicted octanol–water partition coefficient (Wildman–Crippen LogP) is 2.27. The highest BCUT2D eigenvalue weighted by Gasteiger charge is 2.32. The third-order valence-corrected chi connectivity index (χ3v) is 6.23. The lowest BCUT2D eigenvalue weighted by Crippen LogP contribution is -2.47. The molecule has 110 valence electrons. The largest absolute Gasteiger partial charge is 0.382 e. The summed E-state index contributed by atoms with van der Waals surface area (Å²) in [6.07, 6.45) is 2.36. The van der Waals surface area contributed by atoms with Crippen LogP contribution in [-0.2, 0) is 0 Å². The van der Waals surface area contributed by atoms with E-state index in [1.54, 1.807) is 0 Å². The maximum Gasteiger partial charge on any atom is 0.268 e. The van der Waals surface area contributed by atoms with E-state index in [0.717, 1.165) is 17.4 Å². The molecule has 1 saturated heterocycles. The number of amides is 1. The van der Waals surface area contributed by atoms with Crippen molar-refractivity contribution in [1.29, 1.82) is 0 Å². The molecule has 5 nitrogen and oxygen atoms in total. The Balaban J connectivity index is 1.76. The zero-order chi connectivity index (χ0) is 14.3. The summed E-state index contributed by atoms with van der Waals surface area (Å²) in [6, 6.07) is 0.761. The Labute approximate surface area is 127 Å². The molecule has 2 fully saturated rings. The molecule has 1 aromatic rings. The van der Waals surface area contributed by atoms with Crippen molar-refractivity contribution in [2.45, 2.75) is 44.0 Å². The fourth-order valence-corrected chi connectivity index (χ4v) is 4.32. The minimum Gasteiger partial charge on any atom is -0.382 e. The first-order valence-electron chi connectivity index (χ1n) is 7.01. The van der Waals surface area contributed by atoms with Gasteiger partial charge in [-0.3, -0.25) is 4.79 Å². The molecular formula is C13H20N4OS2. The van der Waals surface area contributed by atoms with Crippen LogP contribution in [0.2, 0.25) is 0 Å². The molecule has 2 heterocycles. The van der Waals surface area contributed by atoms with Gasteiger partial charge in [0, 0.05) is 29.6 Å². The number of thioether (sulfide) groups is 1. The summed E-state index contributed by atoms with van der Waals surface area (Å²) in [6.45, 7) is 5.07. The maximum atomic E-state index is 12.7. The van der Waals surface area contributed by atoms with E-state index in [1.165, 1.54) is 24.2 Å². The molecule has 1 amide bonds.